The molecule has 1 aromatic rings. The summed E-state index contributed by atoms with van der Waals surface area (Å²) in [5.74, 6) is -1.21. The minimum Gasteiger partial charge on any atom is -0.507 e. The molecule has 5 heteroatoms. The van der Waals surface area contributed by atoms with Crippen LogP contribution in [0.2, 0.25) is 0 Å². The lowest BCUT2D eigenvalue weighted by Gasteiger charge is -2.10. The van der Waals surface area contributed by atoms with Crippen molar-refractivity contribution in [1.29, 1.82) is 0 Å². The summed E-state index contributed by atoms with van der Waals surface area (Å²) in [7, 11) is 0. The van der Waals surface area contributed by atoms with E-state index in [4.69, 9.17) is 11.6 Å². The molecule has 0 aliphatic heterocycles. The number of hydrogen-bond acceptors (Lipinski definition) is 2. The van der Waals surface area contributed by atoms with Crippen molar-refractivity contribution >= 4 is 17.4 Å². The maximum absolute atomic E-state index is 12.6. The fraction of sp³-hybridized carbons (Fsp3) is 0.300. The van der Waals surface area contributed by atoms with Crippen LogP contribution in [0, 0.1) is 0 Å². The Hall–Kier alpha value is -1.16. The maximum atomic E-state index is 12.6. The van der Waals surface area contributed by atoms with Gasteiger partial charge in [-0.3, -0.25) is 4.79 Å². The van der Waals surface area contributed by atoms with Crippen LogP contribution in [0.5, 0.6) is 5.75 Å². The molecule has 1 N–H and O–H groups in total. The molecule has 1 atom stereocenters. The van der Waals surface area contributed by atoms with E-state index in [9.17, 15) is 18.7 Å². The fourth-order valence-corrected chi connectivity index (χ4v) is 1.33. The topological polar surface area (TPSA) is 37.3 Å². The van der Waals surface area contributed by atoms with E-state index in [0.717, 1.165) is 6.07 Å². The Labute approximate surface area is 90.5 Å². The van der Waals surface area contributed by atoms with Gasteiger partial charge in [0.1, 0.15) is 5.75 Å². The molecular weight excluding hydrogens is 226 g/mol. The van der Waals surface area contributed by atoms with Crippen LogP contribution >= 0.6 is 11.6 Å². The van der Waals surface area contributed by atoms with Crippen molar-refractivity contribution in [3.05, 3.63) is 29.3 Å². The quantitative estimate of drug-likeness (QED) is 0.644. The summed E-state index contributed by atoms with van der Waals surface area (Å²) in [5, 5.41) is 8.32. The predicted octanol–water partition coefficient (Wildman–Crippen LogP) is 3.14. The minimum absolute atomic E-state index is 0.229. The predicted molar refractivity (Wildman–Crippen MR) is 52.7 cm³/mol. The maximum Gasteiger partial charge on any atom is 0.268 e. The van der Waals surface area contributed by atoms with Crippen molar-refractivity contribution in [3.63, 3.8) is 0 Å². The van der Waals surface area contributed by atoms with Gasteiger partial charge < -0.3 is 5.11 Å². The smallest absolute Gasteiger partial charge is 0.268 e. The first-order chi connectivity index (χ1) is 6.95. The largest absolute Gasteiger partial charge is 0.507 e. The normalized spacial score (nSPS) is 12.9. The van der Waals surface area contributed by atoms with E-state index in [1.165, 1.54) is 19.1 Å². The fourth-order valence-electron chi connectivity index (χ4n) is 1.21. The van der Waals surface area contributed by atoms with Crippen molar-refractivity contribution < 1.29 is 18.7 Å². The molecule has 0 saturated carbocycles. The second-order valence-electron chi connectivity index (χ2n) is 3.02. The van der Waals surface area contributed by atoms with Crippen molar-refractivity contribution in [3.8, 4) is 5.75 Å². The highest BCUT2D eigenvalue weighted by atomic mass is 35.5. The third kappa shape index (κ3) is 2.45. The summed E-state index contributed by atoms with van der Waals surface area (Å²) in [6.45, 7) is 1.39. The van der Waals surface area contributed by atoms with Gasteiger partial charge >= 0.3 is 0 Å². The first-order valence-electron chi connectivity index (χ1n) is 4.23. The van der Waals surface area contributed by atoms with Crippen LogP contribution in [-0.2, 0) is 0 Å². The Kier molecular flexibility index (Phi) is 3.63. The Morgan fingerprint density at radius 1 is 1.47 bits per heavy atom. The molecule has 0 radical (unpaired) electrons. The molecular formula is C10H9ClF2O2. The first kappa shape index (κ1) is 11.9. The second kappa shape index (κ2) is 4.57. The van der Waals surface area contributed by atoms with Gasteiger partial charge in [-0.05, 0) is 13.0 Å². The molecule has 0 saturated heterocycles. The van der Waals surface area contributed by atoms with Crippen LogP contribution in [0.3, 0.4) is 0 Å². The van der Waals surface area contributed by atoms with E-state index in [-0.39, 0.29) is 5.56 Å². The first-order valence-corrected chi connectivity index (χ1v) is 4.67. The van der Waals surface area contributed by atoms with Gasteiger partial charge in [-0.25, -0.2) is 8.78 Å². The molecule has 0 amide bonds. The number of halogens is 3. The summed E-state index contributed by atoms with van der Waals surface area (Å²) in [6, 6.07) is 3.66. The highest BCUT2D eigenvalue weighted by Gasteiger charge is 2.23. The second-order valence-corrected chi connectivity index (χ2v) is 3.67. The molecule has 0 spiro atoms. The molecule has 1 aromatic carbocycles. The molecule has 0 heterocycles. The molecule has 0 fully saturated rings. The number of Topliss-reactive ketones (excluding diaryl/α,β-unsaturated/α-hetero) is 1. The lowest BCUT2D eigenvalue weighted by molar-refractivity contribution is 0.0975. The molecule has 15 heavy (non-hydrogen) atoms. The summed E-state index contributed by atoms with van der Waals surface area (Å²) in [5.41, 5.74) is -0.887. The highest BCUT2D eigenvalue weighted by molar-refractivity contribution is 6.33. The van der Waals surface area contributed by atoms with Gasteiger partial charge in [0.2, 0.25) is 0 Å². The number of ketones is 1. The Balaban J connectivity index is 3.29. The van der Waals surface area contributed by atoms with Gasteiger partial charge in [0.15, 0.2) is 5.78 Å². The number of phenolic OH excluding ortho intramolecular Hbond substituents is 1. The van der Waals surface area contributed by atoms with Crippen molar-refractivity contribution in [1.82, 2.24) is 0 Å². The summed E-state index contributed by atoms with van der Waals surface area (Å²) in [6.07, 6.45) is -2.90. The van der Waals surface area contributed by atoms with Gasteiger partial charge in [0.05, 0.1) is 10.9 Å². The number of rotatable bonds is 3. The van der Waals surface area contributed by atoms with E-state index in [1.54, 1.807) is 0 Å². The average molecular weight is 235 g/mol. The van der Waals surface area contributed by atoms with Gasteiger partial charge in [-0.1, -0.05) is 12.1 Å². The van der Waals surface area contributed by atoms with E-state index in [0.29, 0.717) is 0 Å². The Morgan fingerprint density at radius 3 is 2.53 bits per heavy atom. The number of benzene rings is 1. The standard InChI is InChI=1S/C10H9ClF2O2/c1-5(11)9(15)6-3-2-4-7(14)8(6)10(12)13/h2-5,10,14H,1H3. The molecule has 1 rings (SSSR count). The van der Waals surface area contributed by atoms with Crippen molar-refractivity contribution in [2.75, 3.05) is 0 Å². The number of hydrogen-bond donors (Lipinski definition) is 1. The molecule has 82 valence electrons. The summed E-state index contributed by atoms with van der Waals surface area (Å²) < 4.78 is 25.1. The molecule has 0 bridgehead atoms. The Morgan fingerprint density at radius 2 is 2.07 bits per heavy atom. The zero-order valence-corrected chi connectivity index (χ0v) is 8.63. The molecule has 1 unspecified atom stereocenters. The average Bonchev–Trinajstić information content (AvgIpc) is 2.15. The van der Waals surface area contributed by atoms with Crippen LogP contribution in [0.15, 0.2) is 18.2 Å². The third-order valence-corrected chi connectivity index (χ3v) is 2.13. The van der Waals surface area contributed by atoms with Crippen molar-refractivity contribution in [2.24, 2.45) is 0 Å². The molecule has 0 aliphatic rings. The SMILES string of the molecule is CC(Cl)C(=O)c1cccc(O)c1C(F)F. The van der Waals surface area contributed by atoms with E-state index >= 15 is 0 Å². The monoisotopic (exact) mass is 234 g/mol. The summed E-state index contributed by atoms with van der Waals surface area (Å²) >= 11 is 5.52. The number of aromatic hydroxyl groups is 1. The van der Waals surface area contributed by atoms with E-state index in [2.05, 4.69) is 0 Å². The van der Waals surface area contributed by atoms with E-state index in [1.807, 2.05) is 0 Å². The lowest BCUT2D eigenvalue weighted by Crippen LogP contribution is -2.13. The minimum atomic E-state index is -2.90. The van der Waals surface area contributed by atoms with Crippen molar-refractivity contribution in [2.45, 2.75) is 18.7 Å². The molecule has 2 nitrogen and oxygen atoms in total. The lowest BCUT2D eigenvalue weighted by atomic mass is 10.0. The molecule has 0 aromatic heterocycles. The number of phenols is 1. The highest BCUT2D eigenvalue weighted by Crippen LogP contribution is 2.32. The third-order valence-electron chi connectivity index (χ3n) is 1.93. The van der Waals surface area contributed by atoms with E-state index < -0.39 is 28.9 Å². The zero-order chi connectivity index (χ0) is 11.6. The summed E-state index contributed by atoms with van der Waals surface area (Å²) in [4.78, 5) is 11.4. The Bertz CT molecular complexity index is 378. The number of carbonyl (C=O) groups is 1. The molecule has 0 aliphatic carbocycles. The number of alkyl halides is 3. The van der Waals surface area contributed by atoms with Crippen LogP contribution in [0.1, 0.15) is 29.3 Å². The van der Waals surface area contributed by atoms with Gasteiger partial charge in [-0.2, -0.15) is 0 Å². The van der Waals surface area contributed by atoms with Gasteiger partial charge in [0, 0.05) is 5.56 Å². The van der Waals surface area contributed by atoms with Crippen LogP contribution < -0.4 is 0 Å². The zero-order valence-electron chi connectivity index (χ0n) is 7.88. The van der Waals surface area contributed by atoms with Crippen LogP contribution in [0.25, 0.3) is 0 Å². The van der Waals surface area contributed by atoms with Crippen LogP contribution in [-0.4, -0.2) is 16.3 Å². The van der Waals surface area contributed by atoms with Gasteiger partial charge in [0.25, 0.3) is 6.43 Å². The van der Waals surface area contributed by atoms with Crippen LogP contribution in [0.4, 0.5) is 8.78 Å². The number of carbonyl (C=O) groups excluding carboxylic acids is 1. The van der Waals surface area contributed by atoms with Gasteiger partial charge in [-0.15, -0.1) is 11.6 Å².